The summed E-state index contributed by atoms with van der Waals surface area (Å²) >= 11 is 1.17. The van der Waals surface area contributed by atoms with E-state index in [0.717, 1.165) is 24.8 Å². The van der Waals surface area contributed by atoms with E-state index in [1.54, 1.807) is 0 Å². The molecule has 2 fully saturated rings. The average Bonchev–Trinajstić information content (AvgIpc) is 2.96. The highest BCUT2D eigenvalue weighted by Gasteiger charge is 2.50. The molecule has 0 aromatic carbocycles. The summed E-state index contributed by atoms with van der Waals surface area (Å²) in [5.41, 5.74) is 0.0138. The van der Waals surface area contributed by atoms with Crippen LogP contribution in [0.25, 0.3) is 0 Å². The maximum atomic E-state index is 10.7. The summed E-state index contributed by atoms with van der Waals surface area (Å²) in [5.74, 6) is 1.23. The SMILES string of the molecule is CC1(C)C2CNCC2CN1c1ncc([N+](=O)[O-])s1. The molecule has 98 valence electrons. The number of anilines is 1. The molecule has 0 bridgehead atoms. The molecule has 18 heavy (non-hydrogen) atoms. The molecule has 2 aliphatic heterocycles. The van der Waals surface area contributed by atoms with Crippen LogP contribution in [0.5, 0.6) is 0 Å². The summed E-state index contributed by atoms with van der Waals surface area (Å²) in [6, 6.07) is 0. The predicted molar refractivity (Wildman–Crippen MR) is 70.0 cm³/mol. The smallest absolute Gasteiger partial charge is 0.342 e. The number of hydrogen-bond donors (Lipinski definition) is 1. The Balaban J connectivity index is 1.90. The minimum absolute atomic E-state index is 0.0138. The second-order valence-corrected chi connectivity index (χ2v) is 6.51. The lowest BCUT2D eigenvalue weighted by Gasteiger charge is -2.35. The summed E-state index contributed by atoms with van der Waals surface area (Å²) in [7, 11) is 0. The highest BCUT2D eigenvalue weighted by atomic mass is 32.1. The van der Waals surface area contributed by atoms with E-state index in [0.29, 0.717) is 11.8 Å². The second-order valence-electron chi connectivity index (χ2n) is 5.53. The Bertz CT molecular complexity index is 487. The number of fused-ring (bicyclic) bond motifs is 1. The van der Waals surface area contributed by atoms with Crippen LogP contribution in [0.2, 0.25) is 0 Å². The first-order valence-electron chi connectivity index (χ1n) is 6.08. The Morgan fingerprint density at radius 2 is 2.39 bits per heavy atom. The first kappa shape index (κ1) is 11.9. The Labute approximate surface area is 109 Å². The Morgan fingerprint density at radius 1 is 1.61 bits per heavy atom. The zero-order valence-electron chi connectivity index (χ0n) is 10.4. The summed E-state index contributed by atoms with van der Waals surface area (Å²) in [5, 5.41) is 15.1. The number of hydrogen-bond acceptors (Lipinski definition) is 6. The minimum Gasteiger partial charge on any atom is -0.342 e. The maximum absolute atomic E-state index is 10.7. The molecule has 1 N–H and O–H groups in total. The molecule has 0 aliphatic carbocycles. The van der Waals surface area contributed by atoms with Gasteiger partial charge in [0, 0.05) is 25.2 Å². The minimum atomic E-state index is -0.368. The molecule has 3 heterocycles. The molecule has 3 rings (SSSR count). The lowest BCUT2D eigenvalue weighted by molar-refractivity contribution is -0.380. The van der Waals surface area contributed by atoms with E-state index in [-0.39, 0.29) is 15.5 Å². The molecular formula is C11H16N4O2S. The van der Waals surface area contributed by atoms with E-state index in [1.165, 1.54) is 17.5 Å². The van der Waals surface area contributed by atoms with Gasteiger partial charge in [-0.05, 0) is 37.0 Å². The lowest BCUT2D eigenvalue weighted by atomic mass is 9.85. The van der Waals surface area contributed by atoms with E-state index >= 15 is 0 Å². The van der Waals surface area contributed by atoms with Gasteiger partial charge in [-0.1, -0.05) is 0 Å². The molecule has 1 aromatic heterocycles. The third kappa shape index (κ3) is 1.61. The van der Waals surface area contributed by atoms with Crippen molar-refractivity contribution in [1.82, 2.24) is 10.3 Å². The topological polar surface area (TPSA) is 71.3 Å². The lowest BCUT2D eigenvalue weighted by Crippen LogP contribution is -2.44. The van der Waals surface area contributed by atoms with Gasteiger partial charge in [-0.15, -0.1) is 0 Å². The number of nitrogens with zero attached hydrogens (tertiary/aromatic N) is 3. The van der Waals surface area contributed by atoms with Crippen LogP contribution < -0.4 is 10.2 Å². The standard InChI is InChI=1S/C11H16N4O2S/c1-11(2)8-4-12-3-7(8)6-14(11)10-13-5-9(18-10)15(16)17/h5,7-8,12H,3-4,6H2,1-2H3. The molecule has 2 saturated heterocycles. The van der Waals surface area contributed by atoms with Crippen LogP contribution in [-0.2, 0) is 0 Å². The first-order valence-corrected chi connectivity index (χ1v) is 6.90. The fraction of sp³-hybridized carbons (Fsp3) is 0.727. The van der Waals surface area contributed by atoms with Gasteiger partial charge in [-0.3, -0.25) is 10.1 Å². The normalized spacial score (nSPS) is 29.6. The van der Waals surface area contributed by atoms with Crippen molar-refractivity contribution in [3.8, 4) is 0 Å². The van der Waals surface area contributed by atoms with Crippen molar-refractivity contribution in [2.24, 2.45) is 11.8 Å². The molecule has 0 radical (unpaired) electrons. The average molecular weight is 268 g/mol. The van der Waals surface area contributed by atoms with Crippen molar-refractivity contribution in [3.63, 3.8) is 0 Å². The van der Waals surface area contributed by atoms with Gasteiger partial charge in [-0.2, -0.15) is 0 Å². The molecule has 2 aliphatic rings. The zero-order chi connectivity index (χ0) is 12.9. The monoisotopic (exact) mass is 268 g/mol. The summed E-state index contributed by atoms with van der Waals surface area (Å²) in [6.07, 6.45) is 1.36. The van der Waals surface area contributed by atoms with Crippen LogP contribution in [0.4, 0.5) is 10.1 Å². The fourth-order valence-corrected chi connectivity index (χ4v) is 4.10. The van der Waals surface area contributed by atoms with Gasteiger partial charge in [0.1, 0.15) is 6.20 Å². The van der Waals surface area contributed by atoms with Gasteiger partial charge in [-0.25, -0.2) is 4.98 Å². The van der Waals surface area contributed by atoms with Crippen LogP contribution in [0.1, 0.15) is 13.8 Å². The van der Waals surface area contributed by atoms with E-state index in [4.69, 9.17) is 0 Å². The van der Waals surface area contributed by atoms with Crippen molar-refractivity contribution in [1.29, 1.82) is 0 Å². The molecule has 0 amide bonds. The number of nitrogens with one attached hydrogen (secondary N) is 1. The molecule has 1 aromatic rings. The molecule has 7 heteroatoms. The largest absolute Gasteiger partial charge is 0.345 e. The number of thiazole rings is 1. The molecule has 0 saturated carbocycles. The summed E-state index contributed by atoms with van der Waals surface area (Å²) < 4.78 is 0. The van der Waals surface area contributed by atoms with E-state index in [9.17, 15) is 10.1 Å². The molecule has 0 spiro atoms. The zero-order valence-corrected chi connectivity index (χ0v) is 11.2. The Kier molecular flexibility index (Phi) is 2.56. The first-order chi connectivity index (χ1) is 8.50. The quantitative estimate of drug-likeness (QED) is 0.650. The number of nitro groups is 1. The molecular weight excluding hydrogens is 252 g/mol. The third-order valence-corrected chi connectivity index (χ3v) is 5.22. The van der Waals surface area contributed by atoms with Crippen LogP contribution in [-0.4, -0.2) is 35.1 Å². The third-order valence-electron chi connectivity index (χ3n) is 4.25. The number of aromatic nitrogens is 1. The summed E-state index contributed by atoms with van der Waals surface area (Å²) in [6.45, 7) is 7.42. The predicted octanol–water partition coefficient (Wildman–Crippen LogP) is 1.49. The van der Waals surface area contributed by atoms with E-state index < -0.39 is 0 Å². The van der Waals surface area contributed by atoms with Gasteiger partial charge in [0.2, 0.25) is 0 Å². The maximum Gasteiger partial charge on any atom is 0.345 e. The van der Waals surface area contributed by atoms with Gasteiger partial charge in [0.25, 0.3) is 0 Å². The summed E-state index contributed by atoms with van der Waals surface area (Å²) in [4.78, 5) is 16.8. The molecule has 2 unspecified atom stereocenters. The highest BCUT2D eigenvalue weighted by Crippen LogP contribution is 2.44. The van der Waals surface area contributed by atoms with Gasteiger partial charge >= 0.3 is 5.00 Å². The van der Waals surface area contributed by atoms with Gasteiger partial charge in [0.05, 0.1) is 4.92 Å². The number of rotatable bonds is 2. The second kappa shape index (κ2) is 3.89. The van der Waals surface area contributed by atoms with Crippen LogP contribution in [0.3, 0.4) is 0 Å². The van der Waals surface area contributed by atoms with E-state index in [1.807, 2.05) is 0 Å². The fourth-order valence-electron chi connectivity index (χ4n) is 3.21. The Hall–Kier alpha value is -1.21. The van der Waals surface area contributed by atoms with Crippen LogP contribution in [0, 0.1) is 22.0 Å². The highest BCUT2D eigenvalue weighted by molar-refractivity contribution is 7.18. The van der Waals surface area contributed by atoms with Crippen molar-refractivity contribution in [2.75, 3.05) is 24.5 Å². The van der Waals surface area contributed by atoms with Crippen molar-refractivity contribution < 1.29 is 4.92 Å². The van der Waals surface area contributed by atoms with Crippen molar-refractivity contribution in [3.05, 3.63) is 16.3 Å². The van der Waals surface area contributed by atoms with Gasteiger partial charge < -0.3 is 10.2 Å². The molecule has 6 nitrogen and oxygen atoms in total. The van der Waals surface area contributed by atoms with Gasteiger partial charge in [0.15, 0.2) is 5.13 Å². The van der Waals surface area contributed by atoms with Crippen molar-refractivity contribution in [2.45, 2.75) is 19.4 Å². The molecule has 2 atom stereocenters. The van der Waals surface area contributed by atoms with Crippen LogP contribution in [0.15, 0.2) is 6.20 Å². The Morgan fingerprint density at radius 3 is 3.00 bits per heavy atom. The van der Waals surface area contributed by atoms with Crippen molar-refractivity contribution >= 4 is 21.5 Å². The van der Waals surface area contributed by atoms with E-state index in [2.05, 4.69) is 29.0 Å². The van der Waals surface area contributed by atoms with Crippen LogP contribution >= 0.6 is 11.3 Å².